The molecular weight excluding hydrogens is 412 g/mol. The zero-order chi connectivity index (χ0) is 21.6. The van der Waals surface area contributed by atoms with Gasteiger partial charge in [-0.15, -0.1) is 0 Å². The molecule has 162 valence electrons. The van der Waals surface area contributed by atoms with Gasteiger partial charge in [0.05, 0.1) is 18.7 Å². The van der Waals surface area contributed by atoms with Crippen molar-refractivity contribution in [2.45, 2.75) is 31.7 Å². The summed E-state index contributed by atoms with van der Waals surface area (Å²) in [5.74, 6) is 1.81. The number of carbonyl (C=O) groups excluding carboxylic acids is 1. The Bertz CT molecular complexity index is 1010. The van der Waals surface area contributed by atoms with Crippen molar-refractivity contribution >= 4 is 17.5 Å². The van der Waals surface area contributed by atoms with Crippen LogP contribution in [0.5, 0.6) is 0 Å². The van der Waals surface area contributed by atoms with Crippen LogP contribution >= 0.6 is 11.6 Å². The van der Waals surface area contributed by atoms with Gasteiger partial charge in [0.25, 0.3) is 0 Å². The highest BCUT2D eigenvalue weighted by molar-refractivity contribution is 6.30. The Hall–Kier alpha value is -2.70. The molecule has 3 aromatic rings. The summed E-state index contributed by atoms with van der Waals surface area (Å²) in [6.07, 6.45) is 7.97. The van der Waals surface area contributed by atoms with Crippen LogP contribution in [0.1, 0.15) is 41.5 Å². The molecule has 0 N–H and O–H groups in total. The second kappa shape index (κ2) is 10.1. The molecule has 0 saturated carbocycles. The third-order valence-corrected chi connectivity index (χ3v) is 5.78. The van der Waals surface area contributed by atoms with Gasteiger partial charge in [-0.25, -0.2) is 4.98 Å². The molecule has 0 radical (unpaired) electrons. The average molecular weight is 439 g/mol. The minimum Gasteiger partial charge on any atom is -0.445 e. The normalized spacial score (nSPS) is 16.6. The van der Waals surface area contributed by atoms with Crippen LogP contribution in [0.4, 0.5) is 0 Å². The van der Waals surface area contributed by atoms with E-state index in [1.807, 2.05) is 59.4 Å². The summed E-state index contributed by atoms with van der Waals surface area (Å²) in [7, 11) is 1.96. The maximum absolute atomic E-state index is 12.9. The molecule has 6 nitrogen and oxygen atoms in total. The van der Waals surface area contributed by atoms with E-state index in [9.17, 15) is 4.79 Å². The predicted octanol–water partition coefficient (Wildman–Crippen LogP) is 4.15. The van der Waals surface area contributed by atoms with Crippen LogP contribution in [-0.4, -0.2) is 52.4 Å². The Morgan fingerprint density at radius 1 is 1.26 bits per heavy atom. The number of pyridine rings is 1. The smallest absolute Gasteiger partial charge is 0.236 e. The van der Waals surface area contributed by atoms with Crippen LogP contribution in [0, 0.1) is 0 Å². The van der Waals surface area contributed by atoms with Crippen molar-refractivity contribution in [2.24, 2.45) is 0 Å². The van der Waals surface area contributed by atoms with Gasteiger partial charge in [0, 0.05) is 43.5 Å². The molecule has 1 saturated heterocycles. The van der Waals surface area contributed by atoms with Gasteiger partial charge < -0.3 is 9.32 Å². The van der Waals surface area contributed by atoms with E-state index < -0.39 is 0 Å². The van der Waals surface area contributed by atoms with Crippen molar-refractivity contribution in [1.29, 1.82) is 0 Å². The van der Waals surface area contributed by atoms with Gasteiger partial charge in [0.15, 0.2) is 5.89 Å². The Labute approximate surface area is 187 Å². The van der Waals surface area contributed by atoms with Crippen LogP contribution in [0.15, 0.2) is 59.4 Å². The van der Waals surface area contributed by atoms with E-state index in [2.05, 4.69) is 9.97 Å². The fourth-order valence-electron chi connectivity index (χ4n) is 4.04. The van der Waals surface area contributed by atoms with Crippen molar-refractivity contribution in [3.63, 3.8) is 0 Å². The van der Waals surface area contributed by atoms with Crippen molar-refractivity contribution in [3.05, 3.63) is 82.8 Å². The Morgan fingerprint density at radius 2 is 2.13 bits per heavy atom. The molecule has 0 spiro atoms. The van der Waals surface area contributed by atoms with Crippen LogP contribution in [0.3, 0.4) is 0 Å². The molecule has 0 aliphatic carbocycles. The molecule has 7 heteroatoms. The molecule has 4 rings (SSSR count). The highest BCUT2D eigenvalue weighted by Gasteiger charge is 2.28. The summed E-state index contributed by atoms with van der Waals surface area (Å²) in [4.78, 5) is 25.5. The lowest BCUT2D eigenvalue weighted by Crippen LogP contribution is -2.43. The van der Waals surface area contributed by atoms with E-state index in [4.69, 9.17) is 16.0 Å². The number of halogens is 1. The molecule has 1 atom stereocenters. The van der Waals surface area contributed by atoms with E-state index in [1.54, 1.807) is 12.4 Å². The van der Waals surface area contributed by atoms with Crippen molar-refractivity contribution in [1.82, 2.24) is 19.8 Å². The summed E-state index contributed by atoms with van der Waals surface area (Å²) >= 11 is 6.07. The second-order valence-corrected chi connectivity index (χ2v) is 8.62. The summed E-state index contributed by atoms with van der Waals surface area (Å²) in [5, 5.41) is 0.715. The van der Waals surface area contributed by atoms with Crippen LogP contribution in [0.25, 0.3) is 0 Å². The third-order valence-electron chi connectivity index (χ3n) is 5.54. The van der Waals surface area contributed by atoms with Crippen molar-refractivity contribution in [3.8, 4) is 0 Å². The molecule has 1 amide bonds. The van der Waals surface area contributed by atoms with E-state index in [1.165, 1.54) is 0 Å². The number of likely N-dealkylation sites (N-methyl/N-ethyl adjacent to an activating group) is 1. The SMILES string of the molecule is CN(CC(=O)N1CCCC(c2ncc(Cc3cccc(Cl)c3)o2)C1)Cc1cccnc1. The highest BCUT2D eigenvalue weighted by atomic mass is 35.5. The molecule has 1 fully saturated rings. The van der Waals surface area contributed by atoms with E-state index in [0.717, 1.165) is 42.2 Å². The van der Waals surface area contributed by atoms with E-state index in [-0.39, 0.29) is 11.8 Å². The van der Waals surface area contributed by atoms with Gasteiger partial charge >= 0.3 is 0 Å². The topological polar surface area (TPSA) is 62.5 Å². The number of oxazole rings is 1. The van der Waals surface area contributed by atoms with E-state index >= 15 is 0 Å². The number of likely N-dealkylation sites (tertiary alicyclic amines) is 1. The lowest BCUT2D eigenvalue weighted by atomic mass is 9.98. The Balaban J connectivity index is 1.33. The Kier molecular flexibility index (Phi) is 6.99. The lowest BCUT2D eigenvalue weighted by molar-refractivity contribution is -0.133. The second-order valence-electron chi connectivity index (χ2n) is 8.18. The number of rotatable bonds is 7. The molecule has 3 heterocycles. The summed E-state index contributed by atoms with van der Waals surface area (Å²) < 4.78 is 6.05. The quantitative estimate of drug-likeness (QED) is 0.554. The number of benzene rings is 1. The van der Waals surface area contributed by atoms with Crippen LogP contribution in [0.2, 0.25) is 5.02 Å². The van der Waals surface area contributed by atoms with Gasteiger partial charge in [-0.05, 0) is 49.2 Å². The molecule has 1 aliphatic rings. The minimum absolute atomic E-state index is 0.134. The van der Waals surface area contributed by atoms with Gasteiger partial charge in [-0.2, -0.15) is 0 Å². The molecule has 1 aromatic carbocycles. The first-order valence-corrected chi connectivity index (χ1v) is 11.0. The zero-order valence-electron chi connectivity index (χ0n) is 17.7. The number of nitrogens with zero attached hydrogens (tertiary/aromatic N) is 4. The fourth-order valence-corrected chi connectivity index (χ4v) is 4.25. The first-order chi connectivity index (χ1) is 15.1. The number of aromatic nitrogens is 2. The van der Waals surface area contributed by atoms with Gasteiger partial charge in [-0.1, -0.05) is 29.8 Å². The Morgan fingerprint density at radius 3 is 2.94 bits per heavy atom. The number of carbonyl (C=O) groups is 1. The average Bonchev–Trinajstić information content (AvgIpc) is 3.23. The largest absolute Gasteiger partial charge is 0.445 e. The zero-order valence-corrected chi connectivity index (χ0v) is 18.5. The maximum atomic E-state index is 12.9. The number of amides is 1. The standard InChI is InChI=1S/C24H27ClN4O2/c1-28(15-19-6-3-9-26-13-19)17-23(30)29-10-4-7-20(16-29)24-27-14-22(31-24)12-18-5-2-8-21(25)11-18/h2-3,5-6,8-9,11,13-14,20H,4,7,10,12,15-17H2,1H3. The van der Waals surface area contributed by atoms with Crippen LogP contribution in [-0.2, 0) is 17.8 Å². The molecule has 2 aromatic heterocycles. The van der Waals surface area contributed by atoms with Gasteiger partial charge in [0.1, 0.15) is 5.76 Å². The minimum atomic E-state index is 0.134. The number of hydrogen-bond donors (Lipinski definition) is 0. The van der Waals surface area contributed by atoms with Gasteiger partial charge in [0.2, 0.25) is 5.91 Å². The summed E-state index contributed by atoms with van der Waals surface area (Å²) in [5.41, 5.74) is 2.19. The lowest BCUT2D eigenvalue weighted by Gasteiger charge is -2.32. The first kappa shape index (κ1) is 21.5. The van der Waals surface area contributed by atoms with Crippen molar-refractivity contribution in [2.75, 3.05) is 26.7 Å². The third kappa shape index (κ3) is 5.93. The van der Waals surface area contributed by atoms with Gasteiger partial charge in [-0.3, -0.25) is 14.7 Å². The predicted molar refractivity (Wildman–Crippen MR) is 120 cm³/mol. The number of hydrogen-bond acceptors (Lipinski definition) is 5. The monoisotopic (exact) mass is 438 g/mol. The molecule has 1 unspecified atom stereocenters. The summed E-state index contributed by atoms with van der Waals surface area (Å²) in [6, 6.07) is 11.7. The fraction of sp³-hybridized carbons (Fsp3) is 0.375. The molecular formula is C24H27ClN4O2. The van der Waals surface area contributed by atoms with E-state index in [0.29, 0.717) is 31.1 Å². The number of piperidine rings is 1. The summed E-state index contributed by atoms with van der Waals surface area (Å²) in [6.45, 7) is 2.51. The highest BCUT2D eigenvalue weighted by Crippen LogP contribution is 2.27. The molecule has 1 aliphatic heterocycles. The van der Waals surface area contributed by atoms with Crippen LogP contribution < -0.4 is 0 Å². The molecule has 31 heavy (non-hydrogen) atoms. The van der Waals surface area contributed by atoms with Crippen molar-refractivity contribution < 1.29 is 9.21 Å². The maximum Gasteiger partial charge on any atom is 0.236 e. The molecule has 0 bridgehead atoms. The first-order valence-electron chi connectivity index (χ1n) is 10.6.